The van der Waals surface area contributed by atoms with Gasteiger partial charge in [-0.2, -0.15) is 23.4 Å². The minimum absolute atomic E-state index is 0.131. The molecule has 0 atom stereocenters. The second-order valence-electron chi connectivity index (χ2n) is 8.65. The highest BCUT2D eigenvalue weighted by molar-refractivity contribution is 6.09. The highest BCUT2D eigenvalue weighted by Gasteiger charge is 2.30. The van der Waals surface area contributed by atoms with E-state index in [0.29, 0.717) is 17.0 Å². The van der Waals surface area contributed by atoms with Crippen molar-refractivity contribution in [1.29, 1.82) is 5.26 Å². The quantitative estimate of drug-likeness (QED) is 0.259. The van der Waals surface area contributed by atoms with Gasteiger partial charge in [0.15, 0.2) is 0 Å². The molecule has 10 heteroatoms. The Balaban J connectivity index is 1.81. The normalized spacial score (nSPS) is 11.8. The average molecular weight is 518 g/mol. The predicted octanol–water partition coefficient (Wildman–Crippen LogP) is 5.98. The van der Waals surface area contributed by atoms with E-state index in [1.807, 2.05) is 19.9 Å². The predicted molar refractivity (Wildman–Crippen MR) is 136 cm³/mol. The number of nitrogens with zero attached hydrogens (tertiary/aromatic N) is 3. The van der Waals surface area contributed by atoms with Gasteiger partial charge in [0.1, 0.15) is 28.6 Å². The molecule has 0 saturated heterocycles. The number of alkyl halides is 3. The van der Waals surface area contributed by atoms with Crippen molar-refractivity contribution >= 4 is 23.3 Å². The molecule has 2 heterocycles. The largest absolute Gasteiger partial charge is 0.438 e. The molecule has 0 saturated carbocycles. The Labute approximate surface area is 215 Å². The molecule has 7 nitrogen and oxygen atoms in total. The minimum Gasteiger partial charge on any atom is -0.438 e. The van der Waals surface area contributed by atoms with Crippen LogP contribution in [0.3, 0.4) is 0 Å². The summed E-state index contributed by atoms with van der Waals surface area (Å²) in [4.78, 5) is 30.8. The fourth-order valence-corrected chi connectivity index (χ4v) is 3.86. The number of hydrogen-bond donors (Lipinski definition) is 1. The Hall–Kier alpha value is -4.91. The number of fused-ring (bicyclic) bond motifs is 1. The summed E-state index contributed by atoms with van der Waals surface area (Å²) in [5.41, 5.74) is 0.387. The molecule has 0 radical (unpaired) electrons. The second-order valence-corrected chi connectivity index (χ2v) is 8.65. The zero-order valence-electron chi connectivity index (χ0n) is 20.6. The zero-order chi connectivity index (χ0) is 27.6. The van der Waals surface area contributed by atoms with Crippen molar-refractivity contribution in [3.8, 4) is 17.7 Å². The number of aromatic nitrogens is 2. The van der Waals surface area contributed by atoms with Crippen LogP contribution in [0.25, 0.3) is 11.7 Å². The number of pyridine rings is 1. The fourth-order valence-electron chi connectivity index (χ4n) is 3.86. The molecule has 1 N–H and O–H groups in total. The summed E-state index contributed by atoms with van der Waals surface area (Å²) < 4.78 is 46.4. The van der Waals surface area contributed by atoms with Crippen LogP contribution < -0.4 is 15.6 Å². The minimum atomic E-state index is -4.61. The van der Waals surface area contributed by atoms with Gasteiger partial charge in [0, 0.05) is 11.9 Å². The van der Waals surface area contributed by atoms with Crippen LogP contribution in [0.5, 0.6) is 11.6 Å². The molecular weight excluding hydrogens is 497 g/mol. The standard InChI is InChI=1S/C28H21F3N4O3/c1-16-10-17(2)12-22(11-16)38-26-23(27(37)35-9-5-6-18(3)24(35)34-26)13-19(15-32)25(36)33-21-8-4-7-20(14-21)28(29,30)31/h4-14H,1-3H3,(H,33,36)/b19-13-. The van der Waals surface area contributed by atoms with Gasteiger partial charge in [0.05, 0.1) is 5.56 Å². The fraction of sp³-hybridized carbons (Fsp3) is 0.143. The summed E-state index contributed by atoms with van der Waals surface area (Å²) in [7, 11) is 0. The molecule has 4 aromatic rings. The van der Waals surface area contributed by atoms with Crippen molar-refractivity contribution in [2.75, 3.05) is 5.32 Å². The maximum atomic E-state index is 13.4. The van der Waals surface area contributed by atoms with Gasteiger partial charge in [-0.15, -0.1) is 0 Å². The lowest BCUT2D eigenvalue weighted by molar-refractivity contribution is -0.137. The number of benzene rings is 2. The van der Waals surface area contributed by atoms with E-state index in [-0.39, 0.29) is 17.1 Å². The van der Waals surface area contributed by atoms with E-state index in [9.17, 15) is 28.0 Å². The number of rotatable bonds is 5. The van der Waals surface area contributed by atoms with Crippen LogP contribution in [-0.4, -0.2) is 15.3 Å². The van der Waals surface area contributed by atoms with Crippen LogP contribution in [-0.2, 0) is 11.0 Å². The van der Waals surface area contributed by atoms with Crippen molar-refractivity contribution in [2.45, 2.75) is 26.9 Å². The first-order valence-corrected chi connectivity index (χ1v) is 11.3. The van der Waals surface area contributed by atoms with Gasteiger partial charge in [-0.3, -0.25) is 14.0 Å². The van der Waals surface area contributed by atoms with Gasteiger partial charge >= 0.3 is 6.18 Å². The summed E-state index contributed by atoms with van der Waals surface area (Å²) in [5.74, 6) is -0.735. The lowest BCUT2D eigenvalue weighted by Crippen LogP contribution is -2.21. The number of halogens is 3. The number of carbonyl (C=O) groups excluding carboxylic acids is 1. The number of nitrogens with one attached hydrogen (secondary N) is 1. The van der Waals surface area contributed by atoms with Crippen LogP contribution in [0.15, 0.2) is 71.2 Å². The van der Waals surface area contributed by atoms with Gasteiger partial charge in [-0.1, -0.05) is 18.2 Å². The van der Waals surface area contributed by atoms with E-state index >= 15 is 0 Å². The van der Waals surface area contributed by atoms with E-state index in [4.69, 9.17) is 4.74 Å². The van der Waals surface area contributed by atoms with Crippen molar-refractivity contribution < 1.29 is 22.7 Å². The van der Waals surface area contributed by atoms with Crippen LogP contribution >= 0.6 is 0 Å². The van der Waals surface area contributed by atoms with E-state index in [1.165, 1.54) is 16.7 Å². The monoisotopic (exact) mass is 518 g/mol. The van der Waals surface area contributed by atoms with Crippen LogP contribution in [0.1, 0.15) is 27.8 Å². The van der Waals surface area contributed by atoms with Gasteiger partial charge in [0.25, 0.3) is 11.5 Å². The number of nitriles is 1. The Bertz CT molecular complexity index is 1680. The third kappa shape index (κ3) is 5.57. The van der Waals surface area contributed by atoms with Crippen LogP contribution in [0.2, 0.25) is 0 Å². The van der Waals surface area contributed by atoms with E-state index in [2.05, 4.69) is 10.3 Å². The maximum absolute atomic E-state index is 13.4. The number of carbonyl (C=O) groups is 1. The number of ether oxygens (including phenoxy) is 1. The van der Waals surface area contributed by atoms with Crippen molar-refractivity contribution in [2.24, 2.45) is 0 Å². The van der Waals surface area contributed by atoms with Crippen molar-refractivity contribution in [3.05, 3.63) is 105 Å². The van der Waals surface area contributed by atoms with Gasteiger partial charge in [0.2, 0.25) is 5.88 Å². The molecule has 0 unspecified atom stereocenters. The van der Waals surface area contributed by atoms with E-state index < -0.39 is 28.8 Å². The maximum Gasteiger partial charge on any atom is 0.416 e. The average Bonchev–Trinajstić information content (AvgIpc) is 2.83. The molecule has 0 aliphatic carbocycles. The second kappa shape index (κ2) is 10.2. The highest BCUT2D eigenvalue weighted by Crippen LogP contribution is 2.31. The lowest BCUT2D eigenvalue weighted by Gasteiger charge is -2.13. The first kappa shape index (κ1) is 26.2. The Morgan fingerprint density at radius 3 is 2.45 bits per heavy atom. The number of aryl methyl sites for hydroxylation is 3. The van der Waals surface area contributed by atoms with E-state index in [1.54, 1.807) is 37.3 Å². The Kier molecular flexibility index (Phi) is 7.04. The topological polar surface area (TPSA) is 96.5 Å². The van der Waals surface area contributed by atoms with Gasteiger partial charge in [-0.25, -0.2) is 0 Å². The molecule has 1 amide bonds. The molecule has 2 aromatic carbocycles. The summed E-state index contributed by atoms with van der Waals surface area (Å²) in [6.45, 7) is 5.51. The third-order valence-electron chi connectivity index (χ3n) is 5.56. The first-order chi connectivity index (χ1) is 18.0. The van der Waals surface area contributed by atoms with Crippen molar-refractivity contribution in [3.63, 3.8) is 0 Å². The summed E-state index contributed by atoms with van der Waals surface area (Å²) in [6.07, 6.45) is -2.10. The van der Waals surface area contributed by atoms with Crippen LogP contribution in [0.4, 0.5) is 18.9 Å². The molecule has 0 fully saturated rings. The van der Waals surface area contributed by atoms with Crippen LogP contribution in [0, 0.1) is 32.1 Å². The lowest BCUT2D eigenvalue weighted by atomic mass is 10.1. The Morgan fingerprint density at radius 2 is 1.79 bits per heavy atom. The summed E-state index contributed by atoms with van der Waals surface area (Å²) >= 11 is 0. The molecule has 192 valence electrons. The SMILES string of the molecule is Cc1cc(C)cc(Oc2nc3c(C)cccn3c(=O)c2/C=C(/C#N)C(=O)Nc2cccc(C(F)(F)F)c2)c1. The molecule has 0 aliphatic heterocycles. The summed E-state index contributed by atoms with van der Waals surface area (Å²) in [6, 6.07) is 14.5. The molecular formula is C28H21F3N4O3. The number of anilines is 1. The summed E-state index contributed by atoms with van der Waals surface area (Å²) in [5, 5.41) is 12.0. The molecule has 4 rings (SSSR count). The highest BCUT2D eigenvalue weighted by atomic mass is 19.4. The third-order valence-corrected chi connectivity index (χ3v) is 5.56. The molecule has 0 spiro atoms. The van der Waals surface area contributed by atoms with Gasteiger partial charge < -0.3 is 10.1 Å². The first-order valence-electron chi connectivity index (χ1n) is 11.3. The van der Waals surface area contributed by atoms with E-state index in [0.717, 1.165) is 35.4 Å². The van der Waals surface area contributed by atoms with Gasteiger partial charge in [-0.05, 0) is 79.9 Å². The molecule has 2 aromatic heterocycles. The number of hydrogen-bond acceptors (Lipinski definition) is 5. The number of amides is 1. The molecule has 0 aliphatic rings. The Morgan fingerprint density at radius 1 is 1.08 bits per heavy atom. The zero-order valence-corrected chi connectivity index (χ0v) is 20.6. The molecule has 38 heavy (non-hydrogen) atoms. The van der Waals surface area contributed by atoms with Crippen molar-refractivity contribution in [1.82, 2.24) is 9.38 Å². The molecule has 0 bridgehead atoms. The smallest absolute Gasteiger partial charge is 0.416 e.